The third kappa shape index (κ3) is 3.52. The third-order valence-electron chi connectivity index (χ3n) is 5.53. The third-order valence-corrected chi connectivity index (χ3v) is 6.95. The molecule has 0 bridgehead atoms. The first-order valence-electron chi connectivity index (χ1n) is 9.76. The Hall–Kier alpha value is -2.65. The molecule has 0 radical (unpaired) electrons. The fourth-order valence-electron chi connectivity index (χ4n) is 4.04. The van der Waals surface area contributed by atoms with E-state index in [1.165, 1.54) is 16.2 Å². The lowest BCUT2D eigenvalue weighted by Crippen LogP contribution is -2.45. The number of hydrogen-bond acceptors (Lipinski definition) is 5. The highest BCUT2D eigenvalue weighted by molar-refractivity contribution is 7.19. The highest BCUT2D eigenvalue weighted by atomic mass is 35.5. The number of rotatable bonds is 4. The summed E-state index contributed by atoms with van der Waals surface area (Å²) in [6.45, 7) is 5.43. The number of hydrogen-bond donors (Lipinski definition) is 2. The summed E-state index contributed by atoms with van der Waals surface area (Å²) in [7, 11) is 0. The van der Waals surface area contributed by atoms with Crippen LogP contribution in [0.15, 0.2) is 12.1 Å². The molecule has 4 rings (SSSR count). The van der Waals surface area contributed by atoms with E-state index < -0.39 is 11.9 Å². The van der Waals surface area contributed by atoms with Crippen molar-refractivity contribution in [3.63, 3.8) is 0 Å². The van der Waals surface area contributed by atoms with Crippen LogP contribution in [0.1, 0.15) is 41.4 Å². The summed E-state index contributed by atoms with van der Waals surface area (Å²) >= 11 is 7.76. The fourth-order valence-corrected chi connectivity index (χ4v) is 5.30. The molecule has 1 aromatic heterocycles. The zero-order valence-corrected chi connectivity index (χ0v) is 18.3. The van der Waals surface area contributed by atoms with Crippen molar-refractivity contribution in [2.75, 3.05) is 18.4 Å². The minimum Gasteiger partial charge on any atom is -0.368 e. The highest BCUT2D eigenvalue weighted by Gasteiger charge is 2.33. The lowest BCUT2D eigenvalue weighted by Gasteiger charge is -2.21. The van der Waals surface area contributed by atoms with Crippen LogP contribution in [0.25, 0.3) is 10.4 Å². The molecule has 2 aliphatic rings. The Bertz CT molecular complexity index is 1050. The van der Waals surface area contributed by atoms with Crippen LogP contribution in [0.5, 0.6) is 0 Å². The van der Waals surface area contributed by atoms with Crippen molar-refractivity contribution in [3.8, 4) is 10.4 Å². The van der Waals surface area contributed by atoms with Gasteiger partial charge >= 0.3 is 6.03 Å². The summed E-state index contributed by atoms with van der Waals surface area (Å²) in [5, 5.41) is 3.64. The molecule has 4 amide bonds. The van der Waals surface area contributed by atoms with E-state index >= 15 is 0 Å². The Morgan fingerprint density at radius 2 is 2.17 bits per heavy atom. The van der Waals surface area contributed by atoms with E-state index in [2.05, 4.69) is 10.3 Å². The predicted octanol–water partition coefficient (Wildman–Crippen LogP) is 3.23. The van der Waals surface area contributed by atoms with Gasteiger partial charge in [-0.15, -0.1) is 0 Å². The number of fused-ring (bicyclic) bond motifs is 1. The zero-order valence-electron chi connectivity index (χ0n) is 16.7. The molecule has 158 valence electrons. The van der Waals surface area contributed by atoms with Crippen LogP contribution in [0.2, 0.25) is 5.02 Å². The van der Waals surface area contributed by atoms with Gasteiger partial charge in [-0.3, -0.25) is 14.9 Å². The molecule has 1 aromatic carbocycles. The van der Waals surface area contributed by atoms with E-state index in [1.807, 2.05) is 19.9 Å². The number of likely N-dealkylation sites (tertiary alicyclic amines) is 1. The standard InChI is InChI=1S/C20H22ClN5O3S/c1-3-25-9-12-7-11(8-13(21)15(12)18(25)28)16-10(2)23-19(30-16)24-20(29)26-6-4-5-14(26)17(22)27/h7-8,14H,3-6,9H2,1-2H3,(H2,22,27)(H,23,24,29)/t14-/m0/s1. The first kappa shape index (κ1) is 20.6. The van der Waals surface area contributed by atoms with Gasteiger partial charge in [0.05, 0.1) is 21.2 Å². The number of carbonyl (C=O) groups excluding carboxylic acids is 3. The maximum atomic E-state index is 12.6. The molecule has 3 heterocycles. The molecule has 1 atom stereocenters. The number of halogens is 1. The van der Waals surface area contributed by atoms with E-state index in [4.69, 9.17) is 17.3 Å². The van der Waals surface area contributed by atoms with Crippen molar-refractivity contribution in [2.45, 2.75) is 39.3 Å². The molecule has 30 heavy (non-hydrogen) atoms. The number of aromatic nitrogens is 1. The first-order chi connectivity index (χ1) is 14.3. The lowest BCUT2D eigenvalue weighted by atomic mass is 10.0. The lowest BCUT2D eigenvalue weighted by molar-refractivity contribution is -0.121. The topological polar surface area (TPSA) is 109 Å². The predicted molar refractivity (Wildman–Crippen MR) is 116 cm³/mol. The first-order valence-corrected chi connectivity index (χ1v) is 11.0. The number of benzene rings is 1. The number of urea groups is 1. The number of thiazole rings is 1. The van der Waals surface area contributed by atoms with Gasteiger partial charge in [0, 0.05) is 19.6 Å². The van der Waals surface area contributed by atoms with E-state index in [1.54, 1.807) is 11.0 Å². The smallest absolute Gasteiger partial charge is 0.324 e. The van der Waals surface area contributed by atoms with E-state index in [0.29, 0.717) is 41.8 Å². The summed E-state index contributed by atoms with van der Waals surface area (Å²) < 4.78 is 0. The van der Waals surface area contributed by atoms with E-state index in [-0.39, 0.29) is 11.9 Å². The van der Waals surface area contributed by atoms with Crippen LogP contribution in [-0.4, -0.2) is 51.8 Å². The molecule has 0 aliphatic carbocycles. The van der Waals surface area contributed by atoms with E-state index in [0.717, 1.165) is 28.1 Å². The highest BCUT2D eigenvalue weighted by Crippen LogP contribution is 2.38. The van der Waals surface area contributed by atoms with Gasteiger partial charge in [-0.2, -0.15) is 0 Å². The average Bonchev–Trinajstić information content (AvgIpc) is 3.39. The van der Waals surface area contributed by atoms with Gasteiger partial charge in [-0.25, -0.2) is 9.78 Å². The number of carbonyl (C=O) groups is 3. The van der Waals surface area contributed by atoms with Crippen LogP contribution < -0.4 is 11.1 Å². The molecular weight excluding hydrogens is 426 g/mol. The zero-order chi connectivity index (χ0) is 21.6. The van der Waals surface area contributed by atoms with Crippen LogP contribution >= 0.6 is 22.9 Å². The van der Waals surface area contributed by atoms with Crippen molar-refractivity contribution < 1.29 is 14.4 Å². The fraction of sp³-hybridized carbons (Fsp3) is 0.400. The molecule has 1 fully saturated rings. The van der Waals surface area contributed by atoms with Gasteiger partial charge in [-0.1, -0.05) is 22.9 Å². The molecule has 3 N–H and O–H groups in total. The van der Waals surface area contributed by atoms with Crippen LogP contribution in [0.3, 0.4) is 0 Å². The number of amides is 4. The minimum absolute atomic E-state index is 0.0485. The summed E-state index contributed by atoms with van der Waals surface area (Å²) in [6, 6.07) is 2.77. The molecule has 2 aromatic rings. The Morgan fingerprint density at radius 1 is 1.40 bits per heavy atom. The summed E-state index contributed by atoms with van der Waals surface area (Å²) in [4.78, 5) is 45.1. The molecule has 0 spiro atoms. The quantitative estimate of drug-likeness (QED) is 0.749. The molecular formula is C20H22ClN5O3S. The van der Waals surface area contributed by atoms with Crippen molar-refractivity contribution in [3.05, 3.63) is 34.0 Å². The molecule has 2 aliphatic heterocycles. The van der Waals surface area contributed by atoms with Crippen molar-refractivity contribution in [1.82, 2.24) is 14.8 Å². The number of anilines is 1. The second kappa shape index (κ2) is 7.88. The Kier molecular flexibility index (Phi) is 5.42. The normalized spacial score (nSPS) is 18.1. The van der Waals surface area contributed by atoms with Gasteiger partial charge in [0.1, 0.15) is 6.04 Å². The number of aryl methyl sites for hydroxylation is 1. The van der Waals surface area contributed by atoms with Crippen LogP contribution in [0, 0.1) is 6.92 Å². The molecule has 1 saturated heterocycles. The number of nitrogens with zero attached hydrogens (tertiary/aromatic N) is 3. The van der Waals surface area contributed by atoms with Gasteiger partial charge in [0.15, 0.2) is 5.13 Å². The number of nitrogens with one attached hydrogen (secondary N) is 1. The molecule has 10 heteroatoms. The van der Waals surface area contributed by atoms with Gasteiger partial charge in [0.2, 0.25) is 5.91 Å². The number of primary amides is 1. The summed E-state index contributed by atoms with van der Waals surface area (Å²) in [5.74, 6) is -0.547. The van der Waals surface area contributed by atoms with Gasteiger partial charge < -0.3 is 15.5 Å². The van der Waals surface area contributed by atoms with Gasteiger partial charge in [0.25, 0.3) is 5.91 Å². The van der Waals surface area contributed by atoms with Crippen LogP contribution in [0.4, 0.5) is 9.93 Å². The Morgan fingerprint density at radius 3 is 2.87 bits per heavy atom. The second-order valence-corrected chi connectivity index (χ2v) is 8.84. The SMILES string of the molecule is CCN1Cc2cc(-c3sc(NC(=O)N4CCC[C@H]4C(N)=O)nc3C)cc(Cl)c2C1=O. The second-order valence-electron chi connectivity index (χ2n) is 7.43. The average molecular weight is 448 g/mol. The largest absolute Gasteiger partial charge is 0.368 e. The maximum absolute atomic E-state index is 12.6. The molecule has 8 nitrogen and oxygen atoms in total. The number of nitrogens with two attached hydrogens (primary N) is 1. The van der Waals surface area contributed by atoms with Crippen molar-refractivity contribution in [1.29, 1.82) is 0 Å². The summed E-state index contributed by atoms with van der Waals surface area (Å²) in [6.07, 6.45) is 1.32. The molecule has 0 saturated carbocycles. The monoisotopic (exact) mass is 447 g/mol. The minimum atomic E-state index is -0.583. The Labute approximate surface area is 183 Å². The van der Waals surface area contributed by atoms with Crippen molar-refractivity contribution in [2.24, 2.45) is 5.73 Å². The molecule has 0 unspecified atom stereocenters. The van der Waals surface area contributed by atoms with Gasteiger partial charge in [-0.05, 0) is 49.9 Å². The van der Waals surface area contributed by atoms with E-state index in [9.17, 15) is 14.4 Å². The Balaban J connectivity index is 1.58. The van der Waals surface area contributed by atoms with Crippen molar-refractivity contribution >= 4 is 45.9 Å². The maximum Gasteiger partial charge on any atom is 0.324 e. The van der Waals surface area contributed by atoms with Crippen LogP contribution in [-0.2, 0) is 11.3 Å². The summed E-state index contributed by atoms with van der Waals surface area (Å²) in [5.41, 5.74) is 8.45.